The number of sulfonamides is 1. The van der Waals surface area contributed by atoms with E-state index in [-0.39, 0.29) is 0 Å². The minimum absolute atomic E-state index is 0.304. The Labute approximate surface area is 137 Å². The predicted octanol–water partition coefficient (Wildman–Crippen LogP) is 1.65. The van der Waals surface area contributed by atoms with Crippen LogP contribution in [0.4, 0.5) is 6.01 Å². The summed E-state index contributed by atoms with van der Waals surface area (Å²) in [5.41, 5.74) is 0. The molecule has 3 rings (SSSR count). The third kappa shape index (κ3) is 3.01. The molecule has 0 N–H and O–H groups in total. The quantitative estimate of drug-likeness (QED) is 0.797. The lowest BCUT2D eigenvalue weighted by Gasteiger charge is -2.32. The zero-order valence-corrected chi connectivity index (χ0v) is 14.3. The van der Waals surface area contributed by atoms with Gasteiger partial charge in [-0.05, 0) is 24.3 Å². The lowest BCUT2D eigenvalue weighted by Crippen LogP contribution is -2.48. The van der Waals surface area contributed by atoms with Gasteiger partial charge in [0.15, 0.2) is 0 Å². The first-order valence-corrected chi connectivity index (χ1v) is 9.01. The number of aromatic nitrogens is 2. The Bertz CT molecular complexity index is 752. The van der Waals surface area contributed by atoms with Crippen molar-refractivity contribution in [3.63, 3.8) is 0 Å². The number of hydrogen-bond acceptors (Lipinski definition) is 6. The average molecular weight is 387 g/mol. The Kier molecular flexibility index (Phi) is 4.20. The van der Waals surface area contributed by atoms with Gasteiger partial charge in [-0.25, -0.2) is 8.42 Å². The molecular weight excluding hydrogens is 372 g/mol. The normalized spacial score (nSPS) is 16.9. The van der Waals surface area contributed by atoms with E-state index in [0.717, 1.165) is 4.47 Å². The van der Waals surface area contributed by atoms with Crippen molar-refractivity contribution < 1.29 is 12.8 Å². The number of rotatable bonds is 3. The highest BCUT2D eigenvalue weighted by atomic mass is 79.9. The second kappa shape index (κ2) is 5.98. The van der Waals surface area contributed by atoms with Crippen LogP contribution in [0.25, 0.3) is 0 Å². The van der Waals surface area contributed by atoms with Gasteiger partial charge in [0.25, 0.3) is 0 Å². The van der Waals surface area contributed by atoms with E-state index < -0.39 is 10.0 Å². The fraction of sp³-hybridized carbons (Fsp3) is 0.385. The maximum absolute atomic E-state index is 12.6. The van der Waals surface area contributed by atoms with Crippen molar-refractivity contribution in [1.82, 2.24) is 14.5 Å². The van der Waals surface area contributed by atoms with Crippen molar-refractivity contribution in [2.45, 2.75) is 11.8 Å². The van der Waals surface area contributed by atoms with Crippen molar-refractivity contribution in [3.05, 3.63) is 34.6 Å². The first kappa shape index (κ1) is 15.4. The summed E-state index contributed by atoms with van der Waals surface area (Å²) in [5, 5.41) is 7.75. The van der Waals surface area contributed by atoms with Crippen LogP contribution in [-0.4, -0.2) is 49.1 Å². The van der Waals surface area contributed by atoms with Gasteiger partial charge in [-0.2, -0.15) is 4.31 Å². The third-order valence-electron chi connectivity index (χ3n) is 3.48. The van der Waals surface area contributed by atoms with Gasteiger partial charge in [0.1, 0.15) is 0 Å². The second-order valence-electron chi connectivity index (χ2n) is 4.95. The molecule has 1 aromatic heterocycles. The number of benzene rings is 1. The van der Waals surface area contributed by atoms with E-state index in [1.165, 1.54) is 4.31 Å². The van der Waals surface area contributed by atoms with Crippen LogP contribution >= 0.6 is 15.9 Å². The molecule has 0 aliphatic carbocycles. The maximum atomic E-state index is 12.6. The molecule has 2 aromatic rings. The van der Waals surface area contributed by atoms with Crippen molar-refractivity contribution >= 4 is 32.0 Å². The Morgan fingerprint density at radius 1 is 1.09 bits per heavy atom. The van der Waals surface area contributed by atoms with Gasteiger partial charge in [-0.3, -0.25) is 0 Å². The van der Waals surface area contributed by atoms with Gasteiger partial charge >= 0.3 is 6.01 Å². The molecule has 2 heterocycles. The molecular formula is C13H15BrN4O3S. The smallest absolute Gasteiger partial charge is 0.318 e. The van der Waals surface area contributed by atoms with E-state index >= 15 is 0 Å². The summed E-state index contributed by atoms with van der Waals surface area (Å²) < 4.78 is 32.9. The summed E-state index contributed by atoms with van der Waals surface area (Å²) in [6.45, 7) is 3.55. The lowest BCUT2D eigenvalue weighted by molar-refractivity contribution is 0.370. The van der Waals surface area contributed by atoms with E-state index in [9.17, 15) is 8.42 Å². The minimum Gasteiger partial charge on any atom is -0.408 e. The molecule has 1 aliphatic rings. The molecule has 0 atom stereocenters. The summed E-state index contributed by atoms with van der Waals surface area (Å²) in [6, 6.07) is 7.10. The maximum Gasteiger partial charge on any atom is 0.318 e. The standard InChI is InChI=1S/C13H15BrN4O3S/c1-10-15-16-13(21-10)17-6-8-18(9-7-17)22(19,20)12-4-2-11(14)3-5-12/h2-5H,6-9H2,1H3. The van der Waals surface area contributed by atoms with E-state index in [1.54, 1.807) is 31.2 Å². The van der Waals surface area contributed by atoms with Crippen molar-refractivity contribution in [2.24, 2.45) is 0 Å². The van der Waals surface area contributed by atoms with Crippen LogP contribution in [0.1, 0.15) is 5.89 Å². The largest absolute Gasteiger partial charge is 0.408 e. The van der Waals surface area contributed by atoms with E-state index in [1.807, 2.05) is 4.90 Å². The van der Waals surface area contributed by atoms with Gasteiger partial charge in [-0.15, -0.1) is 5.10 Å². The Hall–Kier alpha value is -1.45. The first-order chi connectivity index (χ1) is 10.5. The van der Waals surface area contributed by atoms with E-state index in [4.69, 9.17) is 4.42 Å². The van der Waals surface area contributed by atoms with Crippen LogP contribution in [0.2, 0.25) is 0 Å². The van der Waals surface area contributed by atoms with Crippen LogP contribution in [0.5, 0.6) is 0 Å². The number of anilines is 1. The molecule has 0 bridgehead atoms. The molecule has 0 spiro atoms. The van der Waals surface area contributed by atoms with Crippen LogP contribution in [0, 0.1) is 6.92 Å². The number of halogens is 1. The van der Waals surface area contributed by atoms with Gasteiger partial charge in [0.05, 0.1) is 4.90 Å². The molecule has 1 aromatic carbocycles. The monoisotopic (exact) mass is 386 g/mol. The zero-order valence-electron chi connectivity index (χ0n) is 11.9. The van der Waals surface area contributed by atoms with Gasteiger partial charge < -0.3 is 9.32 Å². The highest BCUT2D eigenvalue weighted by Gasteiger charge is 2.29. The predicted molar refractivity (Wildman–Crippen MR) is 84.1 cm³/mol. The van der Waals surface area contributed by atoms with E-state index in [0.29, 0.717) is 43.0 Å². The summed E-state index contributed by atoms with van der Waals surface area (Å²) >= 11 is 3.31. The fourth-order valence-electron chi connectivity index (χ4n) is 2.29. The third-order valence-corrected chi connectivity index (χ3v) is 5.92. The number of aryl methyl sites for hydroxylation is 1. The summed E-state index contributed by atoms with van der Waals surface area (Å²) in [5.74, 6) is 0.500. The van der Waals surface area contributed by atoms with Gasteiger partial charge in [-0.1, -0.05) is 21.0 Å². The average Bonchev–Trinajstić information content (AvgIpc) is 2.94. The molecule has 7 nitrogen and oxygen atoms in total. The second-order valence-corrected chi connectivity index (χ2v) is 7.80. The number of hydrogen-bond donors (Lipinski definition) is 0. The number of piperazine rings is 1. The SMILES string of the molecule is Cc1nnc(N2CCN(S(=O)(=O)c3ccc(Br)cc3)CC2)o1. The Balaban J connectivity index is 1.71. The molecule has 9 heteroatoms. The van der Waals surface area contributed by atoms with E-state index in [2.05, 4.69) is 26.1 Å². The molecule has 118 valence electrons. The molecule has 22 heavy (non-hydrogen) atoms. The van der Waals surface area contributed by atoms with Crippen LogP contribution in [0.15, 0.2) is 38.1 Å². The van der Waals surface area contributed by atoms with Crippen molar-refractivity contribution in [3.8, 4) is 0 Å². The van der Waals surface area contributed by atoms with Crippen LogP contribution in [-0.2, 0) is 10.0 Å². The molecule has 0 radical (unpaired) electrons. The Morgan fingerprint density at radius 3 is 2.27 bits per heavy atom. The minimum atomic E-state index is -3.46. The molecule has 1 aliphatic heterocycles. The Morgan fingerprint density at radius 2 is 1.73 bits per heavy atom. The molecule has 1 saturated heterocycles. The number of nitrogens with zero attached hydrogens (tertiary/aromatic N) is 4. The first-order valence-electron chi connectivity index (χ1n) is 6.77. The highest BCUT2D eigenvalue weighted by molar-refractivity contribution is 9.10. The topological polar surface area (TPSA) is 79.5 Å². The van der Waals surface area contributed by atoms with Gasteiger partial charge in [0.2, 0.25) is 15.9 Å². The summed E-state index contributed by atoms with van der Waals surface area (Å²) in [6.07, 6.45) is 0. The van der Waals surface area contributed by atoms with Crippen LogP contribution < -0.4 is 4.90 Å². The molecule has 0 unspecified atom stereocenters. The van der Waals surface area contributed by atoms with Crippen molar-refractivity contribution in [2.75, 3.05) is 31.1 Å². The van der Waals surface area contributed by atoms with Gasteiger partial charge in [0, 0.05) is 37.6 Å². The summed E-state index contributed by atoms with van der Waals surface area (Å²) in [7, 11) is -3.46. The molecule has 1 fully saturated rings. The summed E-state index contributed by atoms with van der Waals surface area (Å²) in [4.78, 5) is 2.20. The fourth-order valence-corrected chi connectivity index (χ4v) is 3.98. The van der Waals surface area contributed by atoms with Crippen molar-refractivity contribution in [1.29, 1.82) is 0 Å². The van der Waals surface area contributed by atoms with Crippen LogP contribution in [0.3, 0.4) is 0 Å². The lowest BCUT2D eigenvalue weighted by atomic mass is 10.4. The zero-order chi connectivity index (χ0) is 15.7. The highest BCUT2D eigenvalue weighted by Crippen LogP contribution is 2.21. The molecule has 0 saturated carbocycles. The molecule has 0 amide bonds.